The number of nitrogens with zero attached hydrogens (tertiary/aromatic N) is 2. The van der Waals surface area contributed by atoms with E-state index in [2.05, 4.69) is 27.9 Å². The highest BCUT2D eigenvalue weighted by Crippen LogP contribution is 2.25. The molecule has 0 aromatic heterocycles. The molecule has 0 amide bonds. The SMILES string of the molecule is CC1CC[N+](C)(CC(=O)c2ccc(-c3ccc(C(=O)C[N+]4(C)CCC(C)CC4)cc3)cc2)CC1.[Br-]. The molecule has 4 nitrogen and oxygen atoms in total. The van der Waals surface area contributed by atoms with Crippen molar-refractivity contribution >= 4 is 11.6 Å². The number of carbonyl (C=O) groups is 2. The van der Waals surface area contributed by atoms with Crippen molar-refractivity contribution in [3.8, 4) is 11.1 Å². The fourth-order valence-electron chi connectivity index (χ4n) is 5.53. The van der Waals surface area contributed by atoms with Gasteiger partial charge in [-0.15, -0.1) is 0 Å². The van der Waals surface area contributed by atoms with Crippen LogP contribution in [0.25, 0.3) is 11.1 Å². The standard InChI is InChI=1S/C30H42N2O2.BrH/c1-23-13-17-31(3,18-14-23)21-29(33)27-9-5-25(6-10-27)26-7-11-28(12-8-26)30(34)22-32(4)19-15-24(2)16-20-32;/h5-12,23-24H,13-22H2,1-4H3;1H/q+2;/p-1. The molecular formula is C30H42BrN2O2+. The number of rotatable bonds is 7. The predicted molar refractivity (Wildman–Crippen MR) is 139 cm³/mol. The monoisotopic (exact) mass is 541 g/mol. The van der Waals surface area contributed by atoms with Gasteiger partial charge in [-0.2, -0.15) is 0 Å². The number of carbonyl (C=O) groups excluding carboxylic acids is 2. The maximum absolute atomic E-state index is 12.9. The molecule has 0 saturated carbocycles. The Labute approximate surface area is 222 Å². The molecule has 35 heavy (non-hydrogen) atoms. The second kappa shape index (κ2) is 11.5. The molecule has 4 rings (SSSR count). The van der Waals surface area contributed by atoms with E-state index in [1.165, 1.54) is 25.7 Å². The van der Waals surface area contributed by atoms with E-state index in [9.17, 15) is 9.59 Å². The number of piperidine rings is 2. The topological polar surface area (TPSA) is 34.1 Å². The molecule has 2 aliphatic rings. The molecule has 0 aliphatic carbocycles. The summed E-state index contributed by atoms with van der Waals surface area (Å²) in [5, 5.41) is 0. The Morgan fingerprint density at radius 3 is 1.20 bits per heavy atom. The molecular weight excluding hydrogens is 500 g/mol. The summed E-state index contributed by atoms with van der Waals surface area (Å²) in [6.07, 6.45) is 4.83. The van der Waals surface area contributed by atoms with Gasteiger partial charge in [0.1, 0.15) is 13.1 Å². The maximum Gasteiger partial charge on any atom is 0.216 e. The highest BCUT2D eigenvalue weighted by Gasteiger charge is 2.32. The summed E-state index contributed by atoms with van der Waals surface area (Å²) >= 11 is 0. The maximum atomic E-state index is 12.9. The van der Waals surface area contributed by atoms with Crippen LogP contribution in [0, 0.1) is 11.8 Å². The van der Waals surface area contributed by atoms with Crippen LogP contribution in [0.3, 0.4) is 0 Å². The van der Waals surface area contributed by atoms with E-state index in [4.69, 9.17) is 0 Å². The first-order valence-corrected chi connectivity index (χ1v) is 13.1. The lowest BCUT2D eigenvalue weighted by atomic mass is 9.96. The van der Waals surface area contributed by atoms with Crippen molar-refractivity contribution in [1.82, 2.24) is 0 Å². The third-order valence-electron chi connectivity index (χ3n) is 8.44. The molecule has 2 aliphatic heterocycles. The normalized spacial score (nSPS) is 28.7. The molecule has 2 saturated heterocycles. The third-order valence-corrected chi connectivity index (χ3v) is 8.44. The van der Waals surface area contributed by atoms with Crippen LogP contribution >= 0.6 is 0 Å². The summed E-state index contributed by atoms with van der Waals surface area (Å²) in [5.41, 5.74) is 3.74. The highest BCUT2D eigenvalue weighted by atomic mass is 79.9. The lowest BCUT2D eigenvalue weighted by molar-refractivity contribution is -0.907. The average Bonchev–Trinajstić information content (AvgIpc) is 2.83. The Bertz CT molecular complexity index is 916. The van der Waals surface area contributed by atoms with Crippen molar-refractivity contribution in [1.29, 1.82) is 0 Å². The molecule has 0 unspecified atom stereocenters. The highest BCUT2D eigenvalue weighted by molar-refractivity contribution is 5.98. The van der Waals surface area contributed by atoms with Crippen molar-refractivity contribution in [2.75, 3.05) is 53.4 Å². The molecule has 2 aromatic carbocycles. The van der Waals surface area contributed by atoms with Gasteiger partial charge < -0.3 is 25.9 Å². The number of likely N-dealkylation sites (N-methyl/N-ethyl adjacent to an activating group) is 2. The minimum Gasteiger partial charge on any atom is -1.00 e. The molecule has 0 N–H and O–H groups in total. The summed E-state index contributed by atoms with van der Waals surface area (Å²) in [6, 6.07) is 15.9. The zero-order chi connectivity index (χ0) is 24.3. The van der Waals surface area contributed by atoms with E-state index in [0.717, 1.165) is 69.2 Å². The van der Waals surface area contributed by atoms with Gasteiger partial charge in [0.2, 0.25) is 11.6 Å². The minimum atomic E-state index is 0. The Morgan fingerprint density at radius 1 is 0.629 bits per heavy atom. The largest absolute Gasteiger partial charge is 1.00 e. The van der Waals surface area contributed by atoms with Gasteiger partial charge in [0.25, 0.3) is 0 Å². The summed E-state index contributed by atoms with van der Waals surface area (Å²) < 4.78 is 1.72. The number of halogens is 1. The smallest absolute Gasteiger partial charge is 0.216 e. The van der Waals surface area contributed by atoms with Crippen LogP contribution in [0.4, 0.5) is 0 Å². The number of ketones is 2. The molecule has 0 atom stereocenters. The van der Waals surface area contributed by atoms with Crippen LogP contribution in [-0.2, 0) is 0 Å². The first-order chi connectivity index (χ1) is 16.1. The van der Waals surface area contributed by atoms with Gasteiger partial charge in [-0.1, -0.05) is 62.4 Å². The predicted octanol–water partition coefficient (Wildman–Crippen LogP) is 2.48. The molecule has 190 valence electrons. The molecule has 2 fully saturated rings. The van der Waals surface area contributed by atoms with E-state index < -0.39 is 0 Å². The Balaban J connectivity index is 0.00000342. The van der Waals surface area contributed by atoms with Gasteiger partial charge >= 0.3 is 0 Å². The third kappa shape index (κ3) is 7.12. The van der Waals surface area contributed by atoms with Crippen molar-refractivity contribution in [2.24, 2.45) is 11.8 Å². The van der Waals surface area contributed by atoms with Gasteiger partial charge in [0.15, 0.2) is 0 Å². The van der Waals surface area contributed by atoms with Crippen molar-refractivity contribution in [3.05, 3.63) is 59.7 Å². The number of Topliss-reactive ketones (excluding diaryl/α,β-unsaturated/α-hetero) is 2. The fourth-order valence-corrected chi connectivity index (χ4v) is 5.53. The van der Waals surface area contributed by atoms with Gasteiger partial charge in [-0.3, -0.25) is 9.59 Å². The van der Waals surface area contributed by atoms with E-state index >= 15 is 0 Å². The van der Waals surface area contributed by atoms with Crippen LogP contribution in [0.1, 0.15) is 60.2 Å². The summed E-state index contributed by atoms with van der Waals surface area (Å²) in [6.45, 7) is 10.1. The quantitative estimate of drug-likeness (QED) is 0.398. The number of hydrogen-bond donors (Lipinski definition) is 0. The molecule has 0 spiro atoms. The van der Waals surface area contributed by atoms with Crippen LogP contribution < -0.4 is 17.0 Å². The van der Waals surface area contributed by atoms with Crippen molar-refractivity contribution in [2.45, 2.75) is 39.5 Å². The molecule has 0 bridgehead atoms. The molecule has 2 aromatic rings. The first-order valence-electron chi connectivity index (χ1n) is 13.1. The van der Waals surface area contributed by atoms with Gasteiger partial charge in [0.05, 0.1) is 40.3 Å². The Kier molecular flexibility index (Phi) is 9.11. The minimum absolute atomic E-state index is 0. The van der Waals surface area contributed by atoms with E-state index in [1.54, 1.807) is 0 Å². The Hall–Kier alpha value is -1.82. The summed E-state index contributed by atoms with van der Waals surface area (Å²) in [5.74, 6) is 2.02. The number of hydrogen-bond acceptors (Lipinski definition) is 2. The van der Waals surface area contributed by atoms with Gasteiger partial charge in [-0.25, -0.2) is 0 Å². The number of likely N-dealkylation sites (tertiary alicyclic amines) is 2. The van der Waals surface area contributed by atoms with Crippen molar-refractivity contribution in [3.63, 3.8) is 0 Å². The second-order valence-corrected chi connectivity index (χ2v) is 11.8. The van der Waals surface area contributed by atoms with Gasteiger partial charge in [0, 0.05) is 11.1 Å². The zero-order valence-corrected chi connectivity index (χ0v) is 23.5. The molecule has 5 heteroatoms. The Morgan fingerprint density at radius 2 is 0.914 bits per heavy atom. The number of benzene rings is 2. The molecule has 2 heterocycles. The lowest BCUT2D eigenvalue weighted by Crippen LogP contribution is -3.00. The fraction of sp³-hybridized carbons (Fsp3) is 0.533. The average molecular weight is 543 g/mol. The zero-order valence-electron chi connectivity index (χ0n) is 21.9. The van der Waals surface area contributed by atoms with Crippen LogP contribution in [-0.4, -0.2) is 73.9 Å². The van der Waals surface area contributed by atoms with E-state index in [1.807, 2.05) is 48.5 Å². The van der Waals surface area contributed by atoms with Crippen LogP contribution in [0.5, 0.6) is 0 Å². The van der Waals surface area contributed by atoms with Crippen LogP contribution in [0.2, 0.25) is 0 Å². The first kappa shape index (κ1) is 27.8. The van der Waals surface area contributed by atoms with E-state index in [0.29, 0.717) is 13.1 Å². The van der Waals surface area contributed by atoms with Crippen molar-refractivity contribution < 1.29 is 35.5 Å². The van der Waals surface area contributed by atoms with Crippen LogP contribution in [0.15, 0.2) is 48.5 Å². The second-order valence-electron chi connectivity index (χ2n) is 11.8. The molecule has 0 radical (unpaired) electrons. The summed E-state index contributed by atoms with van der Waals surface area (Å²) in [4.78, 5) is 25.8. The van der Waals surface area contributed by atoms with Gasteiger partial charge in [-0.05, 0) is 48.6 Å². The summed E-state index contributed by atoms with van der Waals surface area (Å²) in [7, 11) is 4.43. The lowest BCUT2D eigenvalue weighted by Gasteiger charge is -2.39. The van der Waals surface area contributed by atoms with E-state index in [-0.39, 0.29) is 28.5 Å². The number of quaternary nitrogens is 2.